The van der Waals surface area contributed by atoms with Crippen LogP contribution in [0.1, 0.15) is 34.9 Å². The average molecular weight is 404 g/mol. The summed E-state index contributed by atoms with van der Waals surface area (Å²) in [5.41, 5.74) is 4.06. The van der Waals surface area contributed by atoms with Gasteiger partial charge in [0, 0.05) is 6.42 Å². The van der Waals surface area contributed by atoms with Crippen molar-refractivity contribution in [3.05, 3.63) is 83.3 Å². The second-order valence-corrected chi connectivity index (χ2v) is 7.33. The normalized spacial score (nSPS) is 15.8. The van der Waals surface area contributed by atoms with Crippen LogP contribution in [0.3, 0.4) is 0 Å². The number of rotatable bonds is 6. The van der Waals surface area contributed by atoms with E-state index in [2.05, 4.69) is 5.10 Å². The third kappa shape index (κ3) is 4.08. The molecular formula is C24H24N2O4. The minimum atomic E-state index is -0.299. The molecule has 1 amide bonds. The Morgan fingerprint density at radius 1 is 1.10 bits per heavy atom. The molecule has 2 heterocycles. The fourth-order valence-electron chi connectivity index (χ4n) is 3.46. The maximum Gasteiger partial charge on any atom is 0.281 e. The van der Waals surface area contributed by atoms with E-state index in [1.807, 2.05) is 62.4 Å². The highest BCUT2D eigenvalue weighted by Gasteiger charge is 2.35. The second-order valence-electron chi connectivity index (χ2n) is 7.33. The van der Waals surface area contributed by atoms with Crippen molar-refractivity contribution < 1.29 is 18.7 Å². The number of methoxy groups -OCH3 is 1. The molecule has 0 aliphatic carbocycles. The molecule has 1 aromatic heterocycles. The van der Waals surface area contributed by atoms with Gasteiger partial charge >= 0.3 is 0 Å². The molecule has 30 heavy (non-hydrogen) atoms. The molecule has 2 aromatic carbocycles. The minimum Gasteiger partial charge on any atom is -0.493 e. The Labute approximate surface area is 175 Å². The largest absolute Gasteiger partial charge is 0.493 e. The van der Waals surface area contributed by atoms with Crippen LogP contribution in [0.15, 0.2) is 70.4 Å². The number of nitrogens with zero attached hydrogens (tertiary/aromatic N) is 2. The van der Waals surface area contributed by atoms with E-state index < -0.39 is 0 Å². The molecule has 6 heteroatoms. The SMILES string of the molecule is COc1cc(C)ccc1OCC(=O)N1N=C(c2ccc(C)cc2)C[C@H]1c1ccco1. The zero-order valence-corrected chi connectivity index (χ0v) is 17.3. The van der Waals surface area contributed by atoms with Crippen molar-refractivity contribution in [1.29, 1.82) is 0 Å². The quantitative estimate of drug-likeness (QED) is 0.599. The molecule has 0 bridgehead atoms. The molecule has 0 N–H and O–H groups in total. The zero-order valence-electron chi connectivity index (χ0n) is 17.3. The number of ether oxygens (including phenoxy) is 2. The lowest BCUT2D eigenvalue weighted by Crippen LogP contribution is -2.31. The van der Waals surface area contributed by atoms with E-state index in [0.717, 1.165) is 16.8 Å². The van der Waals surface area contributed by atoms with Crippen LogP contribution < -0.4 is 9.47 Å². The maximum atomic E-state index is 13.0. The van der Waals surface area contributed by atoms with E-state index in [0.29, 0.717) is 23.7 Å². The smallest absolute Gasteiger partial charge is 0.281 e. The van der Waals surface area contributed by atoms with Crippen LogP contribution in [0.4, 0.5) is 0 Å². The van der Waals surface area contributed by atoms with Gasteiger partial charge in [0.15, 0.2) is 18.1 Å². The molecule has 4 rings (SSSR count). The summed E-state index contributed by atoms with van der Waals surface area (Å²) >= 11 is 0. The van der Waals surface area contributed by atoms with E-state index >= 15 is 0 Å². The van der Waals surface area contributed by atoms with Crippen LogP contribution in [0, 0.1) is 13.8 Å². The van der Waals surface area contributed by atoms with E-state index in [1.54, 1.807) is 19.4 Å². The molecule has 1 aliphatic rings. The van der Waals surface area contributed by atoms with Gasteiger partial charge in [0.05, 0.1) is 19.1 Å². The van der Waals surface area contributed by atoms with Crippen molar-refractivity contribution >= 4 is 11.6 Å². The summed E-state index contributed by atoms with van der Waals surface area (Å²) < 4.78 is 16.7. The van der Waals surface area contributed by atoms with Crippen LogP contribution in [0.5, 0.6) is 11.5 Å². The second kappa shape index (κ2) is 8.45. The Kier molecular flexibility index (Phi) is 5.57. The fraction of sp³-hybridized carbons (Fsp3) is 0.250. The van der Waals surface area contributed by atoms with Crippen molar-refractivity contribution in [2.45, 2.75) is 26.3 Å². The first-order valence-electron chi connectivity index (χ1n) is 9.82. The van der Waals surface area contributed by atoms with Gasteiger partial charge in [-0.05, 0) is 49.2 Å². The molecule has 3 aromatic rings. The molecular weight excluding hydrogens is 380 g/mol. The number of hydrogen-bond donors (Lipinski definition) is 0. The Bertz CT molecular complexity index is 1060. The highest BCUT2D eigenvalue weighted by Crippen LogP contribution is 2.34. The molecule has 1 aliphatic heterocycles. The van der Waals surface area contributed by atoms with Crippen LogP contribution in [-0.2, 0) is 4.79 Å². The lowest BCUT2D eigenvalue weighted by atomic mass is 10.0. The summed E-state index contributed by atoms with van der Waals surface area (Å²) in [6, 6.07) is 17.1. The highest BCUT2D eigenvalue weighted by atomic mass is 16.5. The monoisotopic (exact) mass is 404 g/mol. The summed E-state index contributed by atoms with van der Waals surface area (Å²) in [5.74, 6) is 1.56. The first-order valence-corrected chi connectivity index (χ1v) is 9.82. The van der Waals surface area contributed by atoms with Gasteiger partial charge in [0.25, 0.3) is 5.91 Å². The number of benzene rings is 2. The van der Waals surface area contributed by atoms with E-state index in [1.165, 1.54) is 10.6 Å². The molecule has 6 nitrogen and oxygen atoms in total. The predicted octanol–water partition coefficient (Wildman–Crippen LogP) is 4.66. The Hall–Kier alpha value is -3.54. The van der Waals surface area contributed by atoms with E-state index in [-0.39, 0.29) is 18.6 Å². The molecule has 1 atom stereocenters. The van der Waals surface area contributed by atoms with Crippen molar-refractivity contribution in [3.63, 3.8) is 0 Å². The van der Waals surface area contributed by atoms with Gasteiger partial charge in [-0.25, -0.2) is 5.01 Å². The van der Waals surface area contributed by atoms with E-state index in [4.69, 9.17) is 13.9 Å². The van der Waals surface area contributed by atoms with E-state index in [9.17, 15) is 4.79 Å². The van der Waals surface area contributed by atoms with Crippen molar-refractivity contribution in [2.75, 3.05) is 13.7 Å². The molecule has 154 valence electrons. The van der Waals surface area contributed by atoms with Gasteiger partial charge in [-0.3, -0.25) is 4.79 Å². The Balaban J connectivity index is 1.55. The standard InChI is InChI=1S/C24H24N2O4/c1-16-6-9-18(10-7-16)19-14-20(21-5-4-12-29-21)26(25-19)24(27)15-30-22-11-8-17(2)13-23(22)28-3/h4-13,20H,14-15H2,1-3H3/t20-/m0/s1. The van der Waals surface area contributed by atoms with Crippen molar-refractivity contribution in [3.8, 4) is 11.5 Å². The van der Waals surface area contributed by atoms with Crippen LogP contribution in [0.2, 0.25) is 0 Å². The average Bonchev–Trinajstić information content (AvgIpc) is 3.43. The number of carbonyl (C=O) groups is 1. The lowest BCUT2D eigenvalue weighted by molar-refractivity contribution is -0.135. The van der Waals surface area contributed by atoms with Crippen molar-refractivity contribution in [2.24, 2.45) is 5.10 Å². The lowest BCUT2D eigenvalue weighted by Gasteiger charge is -2.20. The number of carbonyl (C=O) groups excluding carboxylic acids is 1. The highest BCUT2D eigenvalue weighted by molar-refractivity contribution is 6.03. The number of hydrazone groups is 1. The Morgan fingerprint density at radius 2 is 1.87 bits per heavy atom. The third-order valence-electron chi connectivity index (χ3n) is 5.09. The molecule has 0 unspecified atom stereocenters. The molecule has 0 saturated carbocycles. The molecule has 0 fully saturated rings. The van der Waals surface area contributed by atoms with Crippen LogP contribution >= 0.6 is 0 Å². The number of aryl methyl sites for hydroxylation is 2. The summed E-state index contributed by atoms with van der Waals surface area (Å²) in [7, 11) is 1.58. The van der Waals surface area contributed by atoms with Gasteiger partial charge in [0.2, 0.25) is 0 Å². The Morgan fingerprint density at radius 3 is 2.57 bits per heavy atom. The molecule has 0 radical (unpaired) electrons. The topological polar surface area (TPSA) is 64.3 Å². The number of amides is 1. The van der Waals surface area contributed by atoms with Crippen LogP contribution in [0.25, 0.3) is 0 Å². The number of furan rings is 1. The van der Waals surface area contributed by atoms with Gasteiger partial charge in [-0.15, -0.1) is 0 Å². The van der Waals surface area contributed by atoms with Crippen LogP contribution in [-0.4, -0.2) is 30.3 Å². The third-order valence-corrected chi connectivity index (χ3v) is 5.09. The zero-order chi connectivity index (χ0) is 21.1. The molecule has 0 spiro atoms. The first kappa shape index (κ1) is 19.8. The van der Waals surface area contributed by atoms with Gasteiger partial charge in [0.1, 0.15) is 11.8 Å². The summed E-state index contributed by atoms with van der Waals surface area (Å²) in [6.45, 7) is 3.86. The van der Waals surface area contributed by atoms with Gasteiger partial charge < -0.3 is 13.9 Å². The predicted molar refractivity (Wildman–Crippen MR) is 114 cm³/mol. The first-order chi connectivity index (χ1) is 14.5. The number of hydrogen-bond acceptors (Lipinski definition) is 5. The van der Waals surface area contributed by atoms with Gasteiger partial charge in [-0.1, -0.05) is 35.9 Å². The maximum absolute atomic E-state index is 13.0. The van der Waals surface area contributed by atoms with Gasteiger partial charge in [-0.2, -0.15) is 5.10 Å². The summed E-state index contributed by atoms with van der Waals surface area (Å²) in [6.07, 6.45) is 2.19. The van der Waals surface area contributed by atoms with Crippen molar-refractivity contribution in [1.82, 2.24) is 5.01 Å². The fourth-order valence-corrected chi connectivity index (χ4v) is 3.46. The molecule has 0 saturated heterocycles. The summed E-state index contributed by atoms with van der Waals surface area (Å²) in [4.78, 5) is 13.0. The minimum absolute atomic E-state index is 0.151. The summed E-state index contributed by atoms with van der Waals surface area (Å²) in [5, 5.41) is 6.09.